The second-order valence-corrected chi connectivity index (χ2v) is 9.75. The van der Waals surface area contributed by atoms with Crippen molar-refractivity contribution in [3.63, 3.8) is 0 Å². The molecule has 2 unspecified atom stereocenters. The normalized spacial score (nSPS) is 27.1. The van der Waals surface area contributed by atoms with Crippen LogP contribution in [0.3, 0.4) is 0 Å². The van der Waals surface area contributed by atoms with Gasteiger partial charge in [-0.1, -0.05) is 41.4 Å². The fourth-order valence-electron chi connectivity index (χ4n) is 3.79. The van der Waals surface area contributed by atoms with Crippen LogP contribution in [0.1, 0.15) is 40.5 Å². The van der Waals surface area contributed by atoms with Crippen LogP contribution in [0.25, 0.3) is 0 Å². The highest BCUT2D eigenvalue weighted by molar-refractivity contribution is 9.10. The van der Waals surface area contributed by atoms with E-state index in [9.17, 15) is 8.42 Å². The van der Waals surface area contributed by atoms with Crippen molar-refractivity contribution < 1.29 is 8.42 Å². The van der Waals surface area contributed by atoms with Gasteiger partial charge >= 0.3 is 0 Å². The van der Waals surface area contributed by atoms with Gasteiger partial charge in [0.15, 0.2) is 0 Å². The lowest BCUT2D eigenvalue weighted by Crippen LogP contribution is -2.52. The van der Waals surface area contributed by atoms with Crippen LogP contribution in [0, 0.1) is 5.92 Å². The van der Waals surface area contributed by atoms with Gasteiger partial charge in [0.1, 0.15) is 5.84 Å². The van der Waals surface area contributed by atoms with Gasteiger partial charge < -0.3 is 0 Å². The number of halogens is 1. The molecule has 3 rings (SSSR count). The Morgan fingerprint density at radius 2 is 1.88 bits per heavy atom. The van der Waals surface area contributed by atoms with Crippen LogP contribution in [-0.4, -0.2) is 30.1 Å². The van der Waals surface area contributed by atoms with Crippen molar-refractivity contribution in [1.82, 2.24) is 4.31 Å². The van der Waals surface area contributed by atoms with E-state index in [0.29, 0.717) is 10.7 Å². The van der Waals surface area contributed by atoms with Crippen LogP contribution in [0.5, 0.6) is 0 Å². The molecule has 0 bridgehead atoms. The summed E-state index contributed by atoms with van der Waals surface area (Å²) in [5, 5.41) is 0. The first-order valence-corrected chi connectivity index (χ1v) is 10.5. The Kier molecular flexibility index (Phi) is 4.41. The molecule has 0 radical (unpaired) electrons. The van der Waals surface area contributed by atoms with Crippen molar-refractivity contribution in [3.8, 4) is 0 Å². The Morgan fingerprint density at radius 1 is 1.25 bits per heavy atom. The predicted molar refractivity (Wildman–Crippen MR) is 101 cm³/mol. The molecule has 6 heteroatoms. The molecule has 1 heterocycles. The van der Waals surface area contributed by atoms with Crippen LogP contribution in [0.2, 0.25) is 0 Å². The highest BCUT2D eigenvalue weighted by Gasteiger charge is 2.53. The summed E-state index contributed by atoms with van der Waals surface area (Å²) < 4.78 is 29.0. The lowest BCUT2D eigenvalue weighted by molar-refractivity contribution is 0.228. The lowest BCUT2D eigenvalue weighted by Gasteiger charge is -2.41. The third-order valence-corrected chi connectivity index (χ3v) is 7.59. The number of rotatable bonds is 3. The molecule has 0 aromatic heterocycles. The van der Waals surface area contributed by atoms with Crippen LogP contribution in [-0.2, 0) is 10.0 Å². The van der Waals surface area contributed by atoms with Crippen molar-refractivity contribution in [1.29, 1.82) is 0 Å². The molecule has 1 aromatic rings. The summed E-state index contributed by atoms with van der Waals surface area (Å²) in [6, 6.07) is 6.56. The van der Waals surface area contributed by atoms with Gasteiger partial charge in [0, 0.05) is 4.47 Å². The summed E-state index contributed by atoms with van der Waals surface area (Å²) in [6.07, 6.45) is 3.96. The number of sulfonamides is 1. The van der Waals surface area contributed by atoms with E-state index < -0.39 is 10.0 Å². The average Bonchev–Trinajstić information content (AvgIpc) is 2.80. The SMILES string of the molecule is CC1=CC2N(S(=O)(=O)c3ccc(Br)cc3)C(C)=NC2(C(C)C)CC1. The maximum Gasteiger partial charge on any atom is 0.265 e. The maximum absolute atomic E-state index is 13.3. The summed E-state index contributed by atoms with van der Waals surface area (Å²) in [5.74, 6) is 0.856. The number of hydrogen-bond donors (Lipinski definition) is 0. The van der Waals surface area contributed by atoms with Crippen molar-refractivity contribution in [2.24, 2.45) is 10.9 Å². The van der Waals surface area contributed by atoms with E-state index in [4.69, 9.17) is 4.99 Å². The Labute approximate surface area is 152 Å². The molecule has 2 aliphatic rings. The van der Waals surface area contributed by atoms with E-state index in [2.05, 4.69) is 42.8 Å². The maximum atomic E-state index is 13.3. The minimum atomic E-state index is -3.63. The number of benzene rings is 1. The van der Waals surface area contributed by atoms with Gasteiger partial charge in [0.25, 0.3) is 10.0 Å². The van der Waals surface area contributed by atoms with E-state index in [1.165, 1.54) is 9.88 Å². The number of hydrogen-bond acceptors (Lipinski definition) is 3. The second-order valence-electron chi connectivity index (χ2n) is 7.02. The van der Waals surface area contributed by atoms with Gasteiger partial charge in [-0.25, -0.2) is 12.7 Å². The zero-order valence-electron chi connectivity index (χ0n) is 14.5. The van der Waals surface area contributed by atoms with Crippen LogP contribution < -0.4 is 0 Å². The number of aliphatic imine (C=N–C) groups is 1. The van der Waals surface area contributed by atoms with Gasteiger partial charge in [-0.15, -0.1) is 0 Å². The molecule has 4 nitrogen and oxygen atoms in total. The summed E-state index contributed by atoms with van der Waals surface area (Å²) in [5.41, 5.74) is 0.878. The van der Waals surface area contributed by atoms with Crippen LogP contribution >= 0.6 is 15.9 Å². The number of allylic oxidation sites excluding steroid dienone is 1. The first kappa shape index (κ1) is 17.7. The van der Waals surface area contributed by atoms with E-state index in [1.807, 2.05) is 6.92 Å². The van der Waals surface area contributed by atoms with Gasteiger partial charge in [0.05, 0.1) is 16.5 Å². The topological polar surface area (TPSA) is 49.7 Å². The number of nitrogens with zero attached hydrogens (tertiary/aromatic N) is 2. The van der Waals surface area contributed by atoms with Crippen molar-refractivity contribution in [2.75, 3.05) is 0 Å². The zero-order valence-corrected chi connectivity index (χ0v) is 16.9. The zero-order chi connectivity index (χ0) is 17.7. The summed E-state index contributed by atoms with van der Waals surface area (Å²) in [7, 11) is -3.63. The summed E-state index contributed by atoms with van der Waals surface area (Å²) in [6.45, 7) is 8.15. The van der Waals surface area contributed by atoms with Crippen LogP contribution in [0.4, 0.5) is 0 Å². The molecule has 1 aliphatic carbocycles. The van der Waals surface area contributed by atoms with E-state index in [-0.39, 0.29) is 17.5 Å². The Morgan fingerprint density at radius 3 is 2.46 bits per heavy atom. The molecular weight excluding hydrogens is 388 g/mol. The fraction of sp³-hybridized carbons (Fsp3) is 0.500. The average molecular weight is 411 g/mol. The standard InChI is InChI=1S/C18H23BrN2O2S/c1-12(2)18-10-9-13(3)11-17(18)21(14(4)20-18)24(22,23)16-7-5-15(19)6-8-16/h5-8,11-12,17H,9-10H2,1-4H3. The van der Waals surface area contributed by atoms with E-state index in [0.717, 1.165) is 17.3 Å². The Balaban J connectivity index is 2.12. The number of fused-ring (bicyclic) bond motifs is 1. The minimum absolute atomic E-state index is 0.236. The second kappa shape index (κ2) is 5.99. The first-order valence-electron chi connectivity index (χ1n) is 8.22. The quantitative estimate of drug-likeness (QED) is 0.694. The molecule has 0 saturated carbocycles. The number of amidine groups is 1. The Hall–Kier alpha value is -1.14. The van der Waals surface area contributed by atoms with Gasteiger partial charge in [-0.2, -0.15) is 0 Å². The molecule has 1 aliphatic heterocycles. The van der Waals surface area contributed by atoms with Gasteiger partial charge in [0.2, 0.25) is 0 Å². The molecule has 0 spiro atoms. The van der Waals surface area contributed by atoms with E-state index in [1.54, 1.807) is 24.3 Å². The first-order chi connectivity index (χ1) is 11.2. The van der Waals surface area contributed by atoms with Gasteiger partial charge in [-0.05, 0) is 56.9 Å². The molecule has 130 valence electrons. The molecule has 0 N–H and O–H groups in total. The van der Waals surface area contributed by atoms with E-state index >= 15 is 0 Å². The highest BCUT2D eigenvalue weighted by atomic mass is 79.9. The molecule has 1 aromatic carbocycles. The summed E-state index contributed by atoms with van der Waals surface area (Å²) in [4.78, 5) is 5.18. The smallest absolute Gasteiger partial charge is 0.262 e. The molecule has 0 amide bonds. The predicted octanol–water partition coefficient (Wildman–Crippen LogP) is 4.38. The third kappa shape index (κ3) is 2.64. The van der Waals surface area contributed by atoms with Crippen molar-refractivity contribution >= 4 is 31.8 Å². The Bertz CT molecular complexity index is 812. The van der Waals surface area contributed by atoms with Gasteiger partial charge in [-0.3, -0.25) is 4.99 Å². The van der Waals surface area contributed by atoms with Crippen LogP contribution in [0.15, 0.2) is 50.3 Å². The molecule has 0 fully saturated rings. The fourth-order valence-corrected chi connectivity index (χ4v) is 5.69. The van der Waals surface area contributed by atoms with Crippen molar-refractivity contribution in [2.45, 2.75) is 57.0 Å². The summed E-state index contributed by atoms with van der Waals surface area (Å²) >= 11 is 3.36. The lowest BCUT2D eigenvalue weighted by atomic mass is 9.73. The molecule has 24 heavy (non-hydrogen) atoms. The molecule has 2 atom stereocenters. The third-order valence-electron chi connectivity index (χ3n) is 5.19. The molecule has 0 saturated heterocycles. The minimum Gasteiger partial charge on any atom is -0.262 e. The highest BCUT2D eigenvalue weighted by Crippen LogP contribution is 2.45. The molecular formula is C18H23BrN2O2S. The monoisotopic (exact) mass is 410 g/mol. The van der Waals surface area contributed by atoms with Crippen molar-refractivity contribution in [3.05, 3.63) is 40.4 Å². The largest absolute Gasteiger partial charge is 0.265 e.